The molecule has 0 aromatic carbocycles. The third-order valence-corrected chi connectivity index (χ3v) is 14.1. The molecular weight excluding hydrogens is 408 g/mol. The minimum atomic E-state index is -0.258. The van der Waals surface area contributed by atoms with Crippen LogP contribution in [-0.2, 0) is 4.79 Å². The molecule has 5 aliphatic rings. The van der Waals surface area contributed by atoms with Crippen LogP contribution in [0, 0.1) is 56.2 Å². The number of fused-ring (bicyclic) bond motifs is 7. The van der Waals surface area contributed by atoms with Gasteiger partial charge in [0.15, 0.2) is 0 Å². The van der Waals surface area contributed by atoms with Crippen molar-refractivity contribution in [3.8, 4) is 0 Å². The second-order valence-corrected chi connectivity index (χ2v) is 15.2. The van der Waals surface area contributed by atoms with Crippen molar-refractivity contribution >= 4 is 5.78 Å². The first-order chi connectivity index (χ1) is 15.2. The van der Waals surface area contributed by atoms with Crippen molar-refractivity contribution in [1.82, 2.24) is 0 Å². The van der Waals surface area contributed by atoms with Gasteiger partial charge in [-0.25, -0.2) is 0 Å². The molecular formula is C30H50O3. The Morgan fingerprint density at radius 2 is 1.42 bits per heavy atom. The van der Waals surface area contributed by atoms with Gasteiger partial charge in [0.05, 0.1) is 6.10 Å². The zero-order chi connectivity index (χ0) is 24.2. The largest absolute Gasteiger partial charge is 0.396 e. The first-order valence-electron chi connectivity index (χ1n) is 14.0. The third kappa shape index (κ3) is 2.85. The molecule has 0 aromatic heterocycles. The van der Waals surface area contributed by atoms with Crippen LogP contribution in [0.1, 0.15) is 113 Å². The number of hydrogen-bond acceptors (Lipinski definition) is 3. The summed E-state index contributed by atoms with van der Waals surface area (Å²) in [4.78, 5) is 12.7. The fourth-order valence-corrected chi connectivity index (χ4v) is 11.3. The van der Waals surface area contributed by atoms with Crippen LogP contribution in [0.3, 0.4) is 0 Å². The number of rotatable bonds is 1. The standard InChI is InChI=1S/C30H50O3/c1-19-20(32)8-9-21-26(19,3)11-10-22-27(21,4)14-15-29(6)23-16-25(2,18-31)12-13-28(23,5)24(33)17-30(22,29)7/h19,21-24,31,33H,8-18H2,1-7H3/t19-,21+,22-,23+,24+,25-,26+,27-,28-,29-,30+/m0/s1. The number of carbonyl (C=O) groups is 1. The van der Waals surface area contributed by atoms with Gasteiger partial charge in [-0.2, -0.15) is 0 Å². The third-order valence-electron chi connectivity index (χ3n) is 14.1. The first kappa shape index (κ1) is 24.3. The number of ketones is 1. The molecule has 33 heavy (non-hydrogen) atoms. The molecule has 0 spiro atoms. The van der Waals surface area contributed by atoms with E-state index >= 15 is 0 Å². The maximum atomic E-state index is 12.7. The van der Waals surface area contributed by atoms with E-state index in [4.69, 9.17) is 0 Å². The molecule has 11 atom stereocenters. The summed E-state index contributed by atoms with van der Waals surface area (Å²) in [5, 5.41) is 22.0. The van der Waals surface area contributed by atoms with E-state index in [-0.39, 0.29) is 51.1 Å². The quantitative estimate of drug-likeness (QED) is 0.478. The van der Waals surface area contributed by atoms with Crippen molar-refractivity contribution in [2.75, 3.05) is 6.61 Å². The molecule has 0 heterocycles. The van der Waals surface area contributed by atoms with Crippen molar-refractivity contribution in [1.29, 1.82) is 0 Å². The molecule has 5 rings (SSSR count). The summed E-state index contributed by atoms with van der Waals surface area (Å²) in [6, 6.07) is 0. The summed E-state index contributed by atoms with van der Waals surface area (Å²) in [6.07, 6.45) is 10.4. The summed E-state index contributed by atoms with van der Waals surface area (Å²) in [5.41, 5.74) is 0.614. The van der Waals surface area contributed by atoms with Gasteiger partial charge in [-0.3, -0.25) is 4.79 Å². The summed E-state index contributed by atoms with van der Waals surface area (Å²) in [7, 11) is 0. The van der Waals surface area contributed by atoms with Gasteiger partial charge in [-0.05, 0) is 108 Å². The van der Waals surface area contributed by atoms with Gasteiger partial charge in [0.1, 0.15) is 5.78 Å². The van der Waals surface area contributed by atoms with E-state index in [2.05, 4.69) is 48.5 Å². The molecule has 0 aliphatic heterocycles. The van der Waals surface area contributed by atoms with Gasteiger partial charge in [0.2, 0.25) is 0 Å². The van der Waals surface area contributed by atoms with Crippen LogP contribution in [0.2, 0.25) is 0 Å². The van der Waals surface area contributed by atoms with E-state index in [0.29, 0.717) is 23.5 Å². The Labute approximate surface area is 202 Å². The SMILES string of the molecule is C[C@H]1C(=O)CC[C@@H]2[C@]1(C)CC[C@H]1[C@@]2(C)CC[C@@]2(C)[C@@H]3C[C@@](C)(CO)CC[C@]3(C)[C@H](O)C[C@]12C. The minimum absolute atomic E-state index is 0.0177. The maximum Gasteiger partial charge on any atom is 0.136 e. The zero-order valence-corrected chi connectivity index (χ0v) is 22.5. The average Bonchev–Trinajstić information content (AvgIpc) is 2.76. The highest BCUT2D eigenvalue weighted by Crippen LogP contribution is 2.78. The fourth-order valence-electron chi connectivity index (χ4n) is 11.3. The normalized spacial score (nSPS) is 60.9. The molecule has 2 N–H and O–H groups in total. The van der Waals surface area contributed by atoms with Gasteiger partial charge in [-0.15, -0.1) is 0 Å². The first-order valence-corrected chi connectivity index (χ1v) is 14.0. The average molecular weight is 459 g/mol. The minimum Gasteiger partial charge on any atom is -0.396 e. The van der Waals surface area contributed by atoms with Gasteiger partial charge >= 0.3 is 0 Å². The number of carbonyl (C=O) groups excluding carboxylic acids is 1. The highest BCUT2D eigenvalue weighted by atomic mass is 16.3. The van der Waals surface area contributed by atoms with Crippen molar-refractivity contribution in [3.63, 3.8) is 0 Å². The van der Waals surface area contributed by atoms with Gasteiger partial charge in [0, 0.05) is 18.9 Å². The number of hydrogen-bond donors (Lipinski definition) is 2. The lowest BCUT2D eigenvalue weighted by Crippen LogP contribution is -2.70. The topological polar surface area (TPSA) is 57.5 Å². The van der Waals surface area contributed by atoms with E-state index in [0.717, 1.165) is 44.9 Å². The monoisotopic (exact) mass is 458 g/mol. The molecule has 5 saturated carbocycles. The highest BCUT2D eigenvalue weighted by molar-refractivity contribution is 5.82. The highest BCUT2D eigenvalue weighted by Gasteiger charge is 2.72. The fraction of sp³-hybridized carbons (Fsp3) is 0.967. The predicted molar refractivity (Wildman–Crippen MR) is 133 cm³/mol. The predicted octanol–water partition coefficient (Wildman–Crippen LogP) is 6.40. The lowest BCUT2D eigenvalue weighted by Gasteiger charge is -2.75. The van der Waals surface area contributed by atoms with Crippen molar-refractivity contribution in [2.45, 2.75) is 119 Å². The number of aliphatic hydroxyl groups is 2. The van der Waals surface area contributed by atoms with E-state index in [1.807, 2.05) is 0 Å². The molecule has 0 saturated heterocycles. The van der Waals surface area contributed by atoms with E-state index < -0.39 is 0 Å². The lowest BCUT2D eigenvalue weighted by atomic mass is 9.29. The van der Waals surface area contributed by atoms with E-state index in [9.17, 15) is 15.0 Å². The molecule has 188 valence electrons. The van der Waals surface area contributed by atoms with Crippen LogP contribution >= 0.6 is 0 Å². The van der Waals surface area contributed by atoms with Crippen molar-refractivity contribution in [3.05, 3.63) is 0 Å². The molecule has 0 bridgehead atoms. The van der Waals surface area contributed by atoms with Gasteiger partial charge in [0.25, 0.3) is 0 Å². The van der Waals surface area contributed by atoms with Crippen LogP contribution in [0.5, 0.6) is 0 Å². The summed E-state index contributed by atoms with van der Waals surface area (Å²) < 4.78 is 0. The molecule has 5 fully saturated rings. The van der Waals surface area contributed by atoms with E-state index in [1.165, 1.54) is 19.3 Å². The Morgan fingerprint density at radius 1 is 0.758 bits per heavy atom. The second kappa shape index (κ2) is 7.09. The second-order valence-electron chi connectivity index (χ2n) is 15.2. The summed E-state index contributed by atoms with van der Waals surface area (Å²) in [5.74, 6) is 2.33. The smallest absolute Gasteiger partial charge is 0.136 e. The number of Topliss-reactive ketones (excluding diaryl/α,β-unsaturated/α-hetero) is 1. The Bertz CT molecular complexity index is 838. The molecule has 0 aromatic rings. The Morgan fingerprint density at radius 3 is 2.09 bits per heavy atom. The van der Waals surface area contributed by atoms with Crippen LogP contribution in [0.4, 0.5) is 0 Å². The van der Waals surface area contributed by atoms with Crippen LogP contribution in [0.25, 0.3) is 0 Å². The zero-order valence-electron chi connectivity index (χ0n) is 22.5. The summed E-state index contributed by atoms with van der Waals surface area (Å²) >= 11 is 0. The van der Waals surface area contributed by atoms with Crippen molar-refractivity contribution in [2.24, 2.45) is 56.2 Å². The van der Waals surface area contributed by atoms with Gasteiger partial charge < -0.3 is 10.2 Å². The Balaban J connectivity index is 1.57. The Hall–Kier alpha value is -0.410. The summed E-state index contributed by atoms with van der Waals surface area (Å²) in [6.45, 7) is 17.2. The Kier molecular flexibility index (Phi) is 5.22. The van der Waals surface area contributed by atoms with Crippen molar-refractivity contribution < 1.29 is 15.0 Å². The van der Waals surface area contributed by atoms with Crippen LogP contribution < -0.4 is 0 Å². The van der Waals surface area contributed by atoms with Gasteiger partial charge in [-0.1, -0.05) is 48.5 Å². The van der Waals surface area contributed by atoms with Crippen LogP contribution in [-0.4, -0.2) is 28.7 Å². The molecule has 3 heteroatoms. The maximum absolute atomic E-state index is 12.7. The molecule has 5 aliphatic carbocycles. The van der Waals surface area contributed by atoms with E-state index in [1.54, 1.807) is 0 Å². The van der Waals surface area contributed by atoms with Crippen LogP contribution in [0.15, 0.2) is 0 Å². The lowest BCUT2D eigenvalue weighted by molar-refractivity contribution is -0.282. The molecule has 3 nitrogen and oxygen atoms in total. The molecule has 0 unspecified atom stereocenters. The molecule has 0 amide bonds. The molecule has 0 radical (unpaired) electrons. The number of aliphatic hydroxyl groups excluding tert-OH is 2.